The molecule has 0 saturated carbocycles. The van der Waals surface area contributed by atoms with Gasteiger partial charge >= 0.3 is 5.69 Å². The Morgan fingerprint density at radius 1 is 1.43 bits per heavy atom. The first-order valence-corrected chi connectivity index (χ1v) is 7.37. The van der Waals surface area contributed by atoms with Crippen molar-refractivity contribution in [1.82, 2.24) is 9.88 Å². The summed E-state index contributed by atoms with van der Waals surface area (Å²) in [6.45, 7) is 9.61. The minimum Gasteiger partial charge on any atom is -0.378 e. The predicted octanol–water partition coefficient (Wildman–Crippen LogP) is 2.49. The maximum atomic E-state index is 10.7. The monoisotopic (exact) mass is 295 g/mol. The van der Waals surface area contributed by atoms with E-state index in [9.17, 15) is 10.1 Å². The molecule has 0 aliphatic heterocycles. The summed E-state index contributed by atoms with van der Waals surface area (Å²) in [5, 5.41) is 13.9. The number of rotatable bonds is 9. The molecule has 1 atom stereocenters. The van der Waals surface area contributed by atoms with Crippen LogP contribution in [-0.2, 0) is 0 Å². The van der Waals surface area contributed by atoms with Gasteiger partial charge in [0.1, 0.15) is 5.82 Å². The van der Waals surface area contributed by atoms with E-state index < -0.39 is 4.92 Å². The molecular weight excluding hydrogens is 270 g/mol. The van der Waals surface area contributed by atoms with Gasteiger partial charge in [-0.2, -0.15) is 0 Å². The normalized spacial score (nSPS) is 12.4. The van der Waals surface area contributed by atoms with Gasteiger partial charge in [0.15, 0.2) is 0 Å². The van der Waals surface area contributed by atoms with Gasteiger partial charge in [-0.1, -0.05) is 13.8 Å². The van der Waals surface area contributed by atoms with Gasteiger partial charge in [0.2, 0.25) is 5.82 Å². The Balaban J connectivity index is 2.46. The van der Waals surface area contributed by atoms with E-state index in [0.29, 0.717) is 5.82 Å². The van der Waals surface area contributed by atoms with Gasteiger partial charge in [-0.05, 0) is 45.5 Å². The Bertz CT molecular complexity index is 463. The highest BCUT2D eigenvalue weighted by Crippen LogP contribution is 2.21. The third-order valence-corrected chi connectivity index (χ3v) is 3.50. The standard InChI is InChI=1S/C14H25N5O2/c1-4-18(5-2)10-6-7-11(3)16-13-9-8-12(19(20)21)14(15)17-13/h8-9,11H,4-7,10H2,1-3H3,(H3,15,16,17). The molecule has 0 amide bonds. The van der Waals surface area contributed by atoms with E-state index in [2.05, 4.69) is 36.0 Å². The summed E-state index contributed by atoms with van der Waals surface area (Å²) in [6, 6.07) is 3.22. The molecule has 1 aromatic rings. The first-order chi connectivity index (χ1) is 9.97. The van der Waals surface area contributed by atoms with Crippen molar-refractivity contribution in [2.75, 3.05) is 30.7 Å². The number of nitrogen functional groups attached to an aromatic ring is 1. The van der Waals surface area contributed by atoms with Gasteiger partial charge in [0.25, 0.3) is 0 Å². The van der Waals surface area contributed by atoms with Crippen molar-refractivity contribution in [3.8, 4) is 0 Å². The van der Waals surface area contributed by atoms with Crippen LogP contribution in [0.25, 0.3) is 0 Å². The minimum atomic E-state index is -0.528. The highest BCUT2D eigenvalue weighted by atomic mass is 16.6. The molecule has 0 aliphatic carbocycles. The third-order valence-electron chi connectivity index (χ3n) is 3.50. The fraction of sp³-hybridized carbons (Fsp3) is 0.643. The summed E-state index contributed by atoms with van der Waals surface area (Å²) in [7, 11) is 0. The average Bonchev–Trinajstić information content (AvgIpc) is 2.43. The first kappa shape index (κ1) is 17.2. The van der Waals surface area contributed by atoms with Crippen LogP contribution in [-0.4, -0.2) is 40.5 Å². The number of nitrogens with one attached hydrogen (secondary N) is 1. The number of nitrogens with two attached hydrogens (primary N) is 1. The van der Waals surface area contributed by atoms with Crippen molar-refractivity contribution in [3.05, 3.63) is 22.2 Å². The van der Waals surface area contributed by atoms with Crippen molar-refractivity contribution in [3.63, 3.8) is 0 Å². The minimum absolute atomic E-state index is 0.0552. The molecule has 0 aromatic carbocycles. The zero-order valence-electron chi connectivity index (χ0n) is 13.0. The van der Waals surface area contributed by atoms with Crippen LogP contribution in [0.5, 0.6) is 0 Å². The highest BCUT2D eigenvalue weighted by molar-refractivity contribution is 5.57. The third kappa shape index (κ3) is 5.55. The van der Waals surface area contributed by atoms with Gasteiger partial charge in [-0.3, -0.25) is 10.1 Å². The van der Waals surface area contributed by atoms with E-state index >= 15 is 0 Å². The molecule has 3 N–H and O–H groups in total. The van der Waals surface area contributed by atoms with Gasteiger partial charge < -0.3 is 16.0 Å². The Hall–Kier alpha value is -1.89. The Morgan fingerprint density at radius 2 is 2.10 bits per heavy atom. The van der Waals surface area contributed by atoms with Crippen molar-refractivity contribution in [2.24, 2.45) is 0 Å². The molecule has 7 nitrogen and oxygen atoms in total. The molecule has 0 bridgehead atoms. The molecule has 1 rings (SSSR count). The first-order valence-electron chi connectivity index (χ1n) is 7.37. The van der Waals surface area contributed by atoms with Crippen LogP contribution in [0.2, 0.25) is 0 Å². The zero-order valence-corrected chi connectivity index (χ0v) is 13.0. The Labute approximate surface area is 125 Å². The fourth-order valence-electron chi connectivity index (χ4n) is 2.19. The lowest BCUT2D eigenvalue weighted by molar-refractivity contribution is -0.384. The largest absolute Gasteiger partial charge is 0.378 e. The van der Waals surface area contributed by atoms with Crippen molar-refractivity contribution >= 4 is 17.3 Å². The van der Waals surface area contributed by atoms with Gasteiger partial charge in [-0.15, -0.1) is 0 Å². The number of nitro groups is 1. The SMILES string of the molecule is CCN(CC)CCCC(C)Nc1ccc([N+](=O)[O-])c(N)n1. The van der Waals surface area contributed by atoms with Crippen LogP contribution in [0.1, 0.15) is 33.6 Å². The lowest BCUT2D eigenvalue weighted by Gasteiger charge is -2.20. The van der Waals surface area contributed by atoms with Crippen molar-refractivity contribution in [2.45, 2.75) is 39.7 Å². The maximum absolute atomic E-state index is 10.7. The molecule has 7 heteroatoms. The second kappa shape index (κ2) is 8.41. The summed E-state index contributed by atoms with van der Waals surface area (Å²) < 4.78 is 0. The molecule has 1 unspecified atom stereocenters. The lowest BCUT2D eigenvalue weighted by Crippen LogP contribution is -2.25. The van der Waals surface area contributed by atoms with Gasteiger partial charge in [0.05, 0.1) is 4.92 Å². The molecule has 0 fully saturated rings. The van der Waals surface area contributed by atoms with Crippen molar-refractivity contribution in [1.29, 1.82) is 0 Å². The Kier molecular flexibility index (Phi) is 6.87. The molecule has 118 valence electrons. The number of anilines is 2. The summed E-state index contributed by atoms with van der Waals surface area (Å²) >= 11 is 0. The molecule has 1 heterocycles. The number of aromatic nitrogens is 1. The van der Waals surface area contributed by atoms with Crippen LogP contribution < -0.4 is 11.1 Å². The maximum Gasteiger partial charge on any atom is 0.311 e. The summed E-state index contributed by atoms with van der Waals surface area (Å²) in [6.07, 6.45) is 2.10. The van der Waals surface area contributed by atoms with Gasteiger partial charge in [-0.25, -0.2) is 4.98 Å². The van der Waals surface area contributed by atoms with Gasteiger partial charge in [0, 0.05) is 12.1 Å². The van der Waals surface area contributed by atoms with E-state index in [0.717, 1.165) is 32.5 Å². The van der Waals surface area contributed by atoms with Crippen LogP contribution in [0.15, 0.2) is 12.1 Å². The van der Waals surface area contributed by atoms with E-state index in [-0.39, 0.29) is 17.5 Å². The Morgan fingerprint density at radius 3 is 2.62 bits per heavy atom. The smallest absolute Gasteiger partial charge is 0.311 e. The summed E-state index contributed by atoms with van der Waals surface area (Å²) in [5.41, 5.74) is 5.42. The van der Waals surface area contributed by atoms with E-state index in [1.165, 1.54) is 6.07 Å². The van der Waals surface area contributed by atoms with Crippen molar-refractivity contribution < 1.29 is 4.92 Å². The van der Waals surface area contributed by atoms with Crippen LogP contribution >= 0.6 is 0 Å². The number of hydrogen-bond donors (Lipinski definition) is 2. The van der Waals surface area contributed by atoms with E-state index in [1.54, 1.807) is 6.07 Å². The predicted molar refractivity (Wildman–Crippen MR) is 85.4 cm³/mol. The van der Waals surface area contributed by atoms with Crippen LogP contribution in [0.3, 0.4) is 0 Å². The molecule has 21 heavy (non-hydrogen) atoms. The molecule has 0 radical (unpaired) electrons. The topological polar surface area (TPSA) is 97.3 Å². The number of nitrogens with zero attached hydrogens (tertiary/aromatic N) is 3. The lowest BCUT2D eigenvalue weighted by atomic mass is 10.1. The van der Waals surface area contributed by atoms with E-state index in [1.807, 2.05) is 0 Å². The second-order valence-corrected chi connectivity index (χ2v) is 5.07. The molecular formula is C14H25N5O2. The quantitative estimate of drug-likeness (QED) is 0.536. The summed E-state index contributed by atoms with van der Waals surface area (Å²) in [4.78, 5) is 16.6. The average molecular weight is 295 g/mol. The molecule has 0 saturated heterocycles. The molecule has 0 spiro atoms. The fourth-order valence-corrected chi connectivity index (χ4v) is 2.19. The summed E-state index contributed by atoms with van der Waals surface area (Å²) in [5.74, 6) is 0.522. The highest BCUT2D eigenvalue weighted by Gasteiger charge is 2.13. The number of pyridine rings is 1. The zero-order chi connectivity index (χ0) is 15.8. The van der Waals surface area contributed by atoms with Crippen LogP contribution in [0.4, 0.5) is 17.3 Å². The number of hydrogen-bond acceptors (Lipinski definition) is 6. The second-order valence-electron chi connectivity index (χ2n) is 5.07. The van der Waals surface area contributed by atoms with Crippen LogP contribution in [0, 0.1) is 10.1 Å². The molecule has 1 aromatic heterocycles. The molecule has 0 aliphatic rings. The van der Waals surface area contributed by atoms with E-state index in [4.69, 9.17) is 5.73 Å².